The quantitative estimate of drug-likeness (QED) is 0.682. The summed E-state index contributed by atoms with van der Waals surface area (Å²) in [5.74, 6) is 2.27. The van der Waals surface area contributed by atoms with Gasteiger partial charge in [0.1, 0.15) is 11.6 Å². The lowest BCUT2D eigenvalue weighted by molar-refractivity contribution is -0.137. The molecule has 0 unspecified atom stereocenters. The van der Waals surface area contributed by atoms with Gasteiger partial charge in [0.15, 0.2) is 5.82 Å². The van der Waals surface area contributed by atoms with E-state index in [1.165, 1.54) is 10.6 Å². The first kappa shape index (κ1) is 20.7. The van der Waals surface area contributed by atoms with Gasteiger partial charge < -0.3 is 9.80 Å². The molecule has 0 atom stereocenters. The molecule has 0 aliphatic carbocycles. The van der Waals surface area contributed by atoms with Crippen LogP contribution in [0.2, 0.25) is 0 Å². The van der Waals surface area contributed by atoms with Gasteiger partial charge in [0.2, 0.25) is 15.9 Å². The molecule has 2 aromatic rings. The number of nitrogens with zero attached hydrogens (tertiary/aromatic N) is 7. The van der Waals surface area contributed by atoms with E-state index in [9.17, 15) is 13.2 Å². The second-order valence-corrected chi connectivity index (χ2v) is 9.81. The van der Waals surface area contributed by atoms with Crippen molar-refractivity contribution in [1.29, 1.82) is 0 Å². The normalized spacial score (nSPS) is 19.3. The van der Waals surface area contributed by atoms with Crippen molar-refractivity contribution in [2.24, 2.45) is 5.92 Å². The highest BCUT2D eigenvalue weighted by Crippen LogP contribution is 2.23. The van der Waals surface area contributed by atoms with E-state index in [4.69, 9.17) is 0 Å². The van der Waals surface area contributed by atoms with Gasteiger partial charge in [0.25, 0.3) is 0 Å². The molecule has 11 heteroatoms. The first-order chi connectivity index (χ1) is 14.3. The fourth-order valence-corrected chi connectivity index (χ4v) is 4.94. The SMILES string of the molecule is Cc1nc(N2CCN(C(=O)C3CCN(S(C)(=O)=O)CC3)CC2)cc(-n2cccn2)n1. The second kappa shape index (κ2) is 8.31. The van der Waals surface area contributed by atoms with Crippen LogP contribution < -0.4 is 4.90 Å². The Morgan fingerprint density at radius 1 is 1.03 bits per heavy atom. The summed E-state index contributed by atoms with van der Waals surface area (Å²) in [6.07, 6.45) is 5.95. The summed E-state index contributed by atoms with van der Waals surface area (Å²) in [5.41, 5.74) is 0. The van der Waals surface area contributed by atoms with Crippen molar-refractivity contribution in [1.82, 2.24) is 29.0 Å². The fraction of sp³-hybridized carbons (Fsp3) is 0.579. The topological polar surface area (TPSA) is 105 Å². The van der Waals surface area contributed by atoms with Crippen LogP contribution in [0.15, 0.2) is 24.5 Å². The molecule has 162 valence electrons. The van der Waals surface area contributed by atoms with E-state index in [0.29, 0.717) is 57.9 Å². The first-order valence-corrected chi connectivity index (χ1v) is 12.0. The number of piperazine rings is 1. The van der Waals surface area contributed by atoms with Crippen LogP contribution in [0.5, 0.6) is 0 Å². The molecule has 2 fully saturated rings. The second-order valence-electron chi connectivity index (χ2n) is 7.83. The van der Waals surface area contributed by atoms with Crippen LogP contribution in [-0.4, -0.2) is 88.8 Å². The van der Waals surface area contributed by atoms with Crippen LogP contribution in [0, 0.1) is 12.8 Å². The Morgan fingerprint density at radius 3 is 2.30 bits per heavy atom. The number of aryl methyl sites for hydroxylation is 1. The molecule has 0 N–H and O–H groups in total. The van der Waals surface area contributed by atoms with E-state index < -0.39 is 10.0 Å². The molecule has 0 spiro atoms. The molecule has 2 aliphatic rings. The highest BCUT2D eigenvalue weighted by Gasteiger charge is 2.32. The van der Waals surface area contributed by atoms with Gasteiger partial charge in [-0.05, 0) is 25.8 Å². The molecule has 4 rings (SSSR count). The van der Waals surface area contributed by atoms with Crippen molar-refractivity contribution >= 4 is 21.7 Å². The van der Waals surface area contributed by atoms with Crippen molar-refractivity contribution in [3.8, 4) is 5.82 Å². The van der Waals surface area contributed by atoms with E-state index in [0.717, 1.165) is 11.6 Å². The third-order valence-electron chi connectivity index (χ3n) is 5.74. The number of anilines is 1. The van der Waals surface area contributed by atoms with Crippen molar-refractivity contribution < 1.29 is 13.2 Å². The van der Waals surface area contributed by atoms with Gasteiger partial charge in [-0.15, -0.1) is 0 Å². The van der Waals surface area contributed by atoms with Crippen LogP contribution in [0.25, 0.3) is 5.82 Å². The molecule has 0 bridgehead atoms. The van der Waals surface area contributed by atoms with Gasteiger partial charge >= 0.3 is 0 Å². The summed E-state index contributed by atoms with van der Waals surface area (Å²) in [5, 5.41) is 4.24. The third kappa shape index (κ3) is 4.46. The molecule has 0 aromatic carbocycles. The summed E-state index contributed by atoms with van der Waals surface area (Å²) in [6.45, 7) is 5.36. The molecule has 2 aliphatic heterocycles. The molecule has 2 aromatic heterocycles. The predicted molar refractivity (Wildman–Crippen MR) is 112 cm³/mol. The maximum Gasteiger partial charge on any atom is 0.225 e. The molecule has 1 amide bonds. The van der Waals surface area contributed by atoms with Crippen molar-refractivity contribution in [2.45, 2.75) is 19.8 Å². The number of aromatic nitrogens is 4. The van der Waals surface area contributed by atoms with Crippen LogP contribution >= 0.6 is 0 Å². The Morgan fingerprint density at radius 2 is 1.70 bits per heavy atom. The minimum Gasteiger partial charge on any atom is -0.353 e. The highest BCUT2D eigenvalue weighted by molar-refractivity contribution is 7.88. The largest absolute Gasteiger partial charge is 0.353 e. The van der Waals surface area contributed by atoms with Crippen LogP contribution in [0.1, 0.15) is 18.7 Å². The minimum atomic E-state index is -3.18. The lowest BCUT2D eigenvalue weighted by Crippen LogP contribution is -2.52. The van der Waals surface area contributed by atoms with Crippen LogP contribution in [0.3, 0.4) is 0 Å². The van der Waals surface area contributed by atoms with Gasteiger partial charge in [-0.1, -0.05) is 0 Å². The number of amides is 1. The third-order valence-corrected chi connectivity index (χ3v) is 7.04. The molecule has 0 saturated carbocycles. The van der Waals surface area contributed by atoms with Crippen molar-refractivity contribution in [3.63, 3.8) is 0 Å². The van der Waals surface area contributed by atoms with E-state index >= 15 is 0 Å². The Labute approximate surface area is 176 Å². The number of carbonyl (C=O) groups excluding carboxylic acids is 1. The van der Waals surface area contributed by atoms with E-state index in [1.54, 1.807) is 10.9 Å². The average Bonchev–Trinajstić information content (AvgIpc) is 3.27. The molecule has 4 heterocycles. The van der Waals surface area contributed by atoms with Gasteiger partial charge in [-0.3, -0.25) is 4.79 Å². The minimum absolute atomic E-state index is 0.0951. The molecule has 30 heavy (non-hydrogen) atoms. The standard InChI is InChI=1S/C19H27N7O3S/c1-15-21-17(14-18(22-15)26-7-3-6-20-26)23-10-12-24(13-11-23)19(27)16-4-8-25(9-5-16)30(2,28)29/h3,6-7,14,16H,4-5,8-13H2,1-2H3. The first-order valence-electron chi connectivity index (χ1n) is 10.2. The number of hydrogen-bond donors (Lipinski definition) is 0. The maximum atomic E-state index is 12.9. The van der Waals surface area contributed by atoms with Gasteiger partial charge in [0, 0.05) is 63.6 Å². The Kier molecular flexibility index (Phi) is 5.74. The fourth-order valence-electron chi connectivity index (χ4n) is 4.07. The number of carbonyl (C=O) groups is 1. The monoisotopic (exact) mass is 433 g/mol. The number of piperidine rings is 1. The average molecular weight is 434 g/mol. The maximum absolute atomic E-state index is 12.9. The summed E-state index contributed by atoms with van der Waals surface area (Å²) >= 11 is 0. The van der Waals surface area contributed by atoms with Gasteiger partial charge in [-0.25, -0.2) is 27.4 Å². The van der Waals surface area contributed by atoms with Crippen LogP contribution in [0.4, 0.5) is 5.82 Å². The molecule has 2 saturated heterocycles. The Hall–Kier alpha value is -2.53. The zero-order valence-corrected chi connectivity index (χ0v) is 18.1. The zero-order chi connectivity index (χ0) is 21.3. The van der Waals surface area contributed by atoms with Crippen molar-refractivity contribution in [2.75, 3.05) is 50.4 Å². The lowest BCUT2D eigenvalue weighted by atomic mass is 9.96. The summed E-state index contributed by atoms with van der Waals surface area (Å²) < 4.78 is 26.5. The summed E-state index contributed by atoms with van der Waals surface area (Å²) in [6, 6.07) is 3.76. The Bertz CT molecular complexity index is 993. The van der Waals surface area contributed by atoms with Crippen LogP contribution in [-0.2, 0) is 14.8 Å². The van der Waals surface area contributed by atoms with Gasteiger partial charge in [0.05, 0.1) is 6.26 Å². The summed E-state index contributed by atoms with van der Waals surface area (Å²) in [4.78, 5) is 26.0. The molecule has 10 nitrogen and oxygen atoms in total. The Balaban J connectivity index is 1.36. The summed E-state index contributed by atoms with van der Waals surface area (Å²) in [7, 11) is -3.18. The van der Waals surface area contributed by atoms with Crippen molar-refractivity contribution in [3.05, 3.63) is 30.4 Å². The number of rotatable bonds is 4. The van der Waals surface area contributed by atoms with E-state index in [1.807, 2.05) is 30.2 Å². The molecule has 0 radical (unpaired) electrons. The smallest absolute Gasteiger partial charge is 0.225 e. The van der Waals surface area contributed by atoms with E-state index in [2.05, 4.69) is 20.0 Å². The molecular weight excluding hydrogens is 406 g/mol. The highest BCUT2D eigenvalue weighted by atomic mass is 32.2. The lowest BCUT2D eigenvalue weighted by Gasteiger charge is -2.38. The zero-order valence-electron chi connectivity index (χ0n) is 17.3. The van der Waals surface area contributed by atoms with E-state index in [-0.39, 0.29) is 11.8 Å². The number of sulfonamides is 1. The molecular formula is C19H27N7O3S. The number of hydrogen-bond acceptors (Lipinski definition) is 7. The predicted octanol–water partition coefficient (Wildman–Crippen LogP) is 0.291. The van der Waals surface area contributed by atoms with Gasteiger partial charge in [-0.2, -0.15) is 5.10 Å².